The molecule has 4 rings (SSSR count). The summed E-state index contributed by atoms with van der Waals surface area (Å²) in [6.07, 6.45) is 2.68. The van der Waals surface area contributed by atoms with Gasteiger partial charge in [0.1, 0.15) is 11.5 Å². The first kappa shape index (κ1) is 16.8. The third-order valence-corrected chi connectivity index (χ3v) is 6.00. The van der Waals surface area contributed by atoms with Crippen molar-refractivity contribution in [2.45, 2.75) is 24.2 Å². The van der Waals surface area contributed by atoms with Crippen molar-refractivity contribution in [2.75, 3.05) is 19.6 Å². The van der Waals surface area contributed by atoms with E-state index in [1.54, 1.807) is 12.1 Å². The number of phenolic OH excluding ortho intramolecular Hbond substituents is 1. The maximum absolute atomic E-state index is 9.41. The molecule has 25 heavy (non-hydrogen) atoms. The van der Waals surface area contributed by atoms with Gasteiger partial charge in [-0.2, -0.15) is 12.6 Å². The highest BCUT2D eigenvalue weighted by Gasteiger charge is 2.42. The average molecular weight is 356 g/mol. The maximum Gasteiger partial charge on any atom is 0.119 e. The number of nitrogens with zero attached hydrogens (tertiary/aromatic N) is 1. The lowest BCUT2D eigenvalue weighted by Crippen LogP contribution is -2.27. The molecule has 2 fully saturated rings. The molecule has 0 aromatic heterocycles. The highest BCUT2D eigenvalue weighted by atomic mass is 32.1. The summed E-state index contributed by atoms with van der Waals surface area (Å²) >= 11 is 4.77. The summed E-state index contributed by atoms with van der Waals surface area (Å²) in [7, 11) is 0. The molecule has 0 amide bonds. The molecule has 0 radical (unpaired) electrons. The van der Waals surface area contributed by atoms with Crippen LogP contribution in [0.15, 0.2) is 54.6 Å². The largest absolute Gasteiger partial charge is 0.508 e. The Balaban J connectivity index is 1.28. The van der Waals surface area contributed by atoms with Crippen LogP contribution in [-0.2, 0) is 0 Å². The van der Waals surface area contributed by atoms with Crippen molar-refractivity contribution in [3.05, 3.63) is 60.2 Å². The van der Waals surface area contributed by atoms with Crippen molar-refractivity contribution in [1.29, 1.82) is 0 Å². The molecule has 0 unspecified atom stereocenters. The third-order valence-electron chi connectivity index (χ3n) is 5.54. The van der Waals surface area contributed by atoms with Gasteiger partial charge in [-0.15, -0.1) is 0 Å². The van der Waals surface area contributed by atoms with Gasteiger partial charge in [-0.05, 0) is 54.5 Å². The number of likely N-dealkylation sites (tertiary alicyclic amines) is 1. The first-order chi connectivity index (χ1) is 12.2. The second kappa shape index (κ2) is 7.30. The van der Waals surface area contributed by atoms with Gasteiger partial charge in [0.25, 0.3) is 0 Å². The minimum atomic E-state index is 0.191. The number of para-hydroxylation sites is 1. The van der Waals surface area contributed by atoms with Gasteiger partial charge in [-0.3, -0.25) is 0 Å². The van der Waals surface area contributed by atoms with Crippen molar-refractivity contribution in [1.82, 2.24) is 4.90 Å². The summed E-state index contributed by atoms with van der Waals surface area (Å²) in [4.78, 5) is 2.54. The first-order valence-electron chi connectivity index (χ1n) is 9.08. The topological polar surface area (TPSA) is 32.7 Å². The zero-order valence-corrected chi connectivity index (χ0v) is 15.2. The van der Waals surface area contributed by atoms with Gasteiger partial charge in [0.15, 0.2) is 0 Å². The van der Waals surface area contributed by atoms with Gasteiger partial charge in [-0.1, -0.05) is 30.3 Å². The number of benzene rings is 2. The van der Waals surface area contributed by atoms with Crippen LogP contribution in [0, 0.1) is 11.8 Å². The van der Waals surface area contributed by atoms with Crippen LogP contribution in [-0.4, -0.2) is 35.7 Å². The second-order valence-corrected chi connectivity index (χ2v) is 7.99. The van der Waals surface area contributed by atoms with Gasteiger partial charge in [0.05, 0.1) is 6.10 Å². The molecule has 2 aromatic rings. The summed E-state index contributed by atoms with van der Waals surface area (Å²) in [5.41, 5.74) is 1.17. The monoisotopic (exact) mass is 355 g/mol. The van der Waals surface area contributed by atoms with E-state index in [0.29, 0.717) is 11.9 Å². The zero-order valence-electron chi connectivity index (χ0n) is 14.3. The molecule has 1 heterocycles. The number of rotatable bonds is 5. The SMILES string of the molecule is Oc1ccc([C@@H](S)CN2C[C@H]3C[C@H](Oc4ccccc4)C[C@H]3C2)cc1. The van der Waals surface area contributed by atoms with Crippen LogP contribution in [0.4, 0.5) is 0 Å². The molecule has 2 aromatic carbocycles. The molecule has 4 atom stereocenters. The van der Waals surface area contributed by atoms with Crippen LogP contribution in [0.25, 0.3) is 0 Å². The smallest absolute Gasteiger partial charge is 0.119 e. The first-order valence-corrected chi connectivity index (χ1v) is 9.60. The Morgan fingerprint density at radius 1 is 1.00 bits per heavy atom. The van der Waals surface area contributed by atoms with E-state index >= 15 is 0 Å². The van der Waals surface area contributed by atoms with Crippen LogP contribution in [0.5, 0.6) is 11.5 Å². The Labute approximate surface area is 155 Å². The van der Waals surface area contributed by atoms with Crippen molar-refractivity contribution in [3.8, 4) is 11.5 Å². The van der Waals surface area contributed by atoms with Gasteiger partial charge in [0.2, 0.25) is 0 Å². The predicted octanol–water partition coefficient (Wildman–Crippen LogP) is 4.15. The van der Waals surface area contributed by atoms with Crippen molar-refractivity contribution in [3.63, 3.8) is 0 Å². The number of fused-ring (bicyclic) bond motifs is 1. The Bertz CT molecular complexity index is 677. The van der Waals surface area contributed by atoms with Gasteiger partial charge in [-0.25, -0.2) is 0 Å². The normalized spacial score (nSPS) is 27.2. The molecular formula is C21H25NO2S. The van der Waals surface area contributed by atoms with E-state index in [1.165, 1.54) is 5.56 Å². The summed E-state index contributed by atoms with van der Waals surface area (Å²) in [5, 5.41) is 9.61. The lowest BCUT2D eigenvalue weighted by Gasteiger charge is -2.23. The number of aromatic hydroxyl groups is 1. The number of hydrogen-bond donors (Lipinski definition) is 2. The molecule has 1 saturated heterocycles. The fraction of sp³-hybridized carbons (Fsp3) is 0.429. The molecular weight excluding hydrogens is 330 g/mol. The van der Waals surface area contributed by atoms with E-state index in [0.717, 1.165) is 50.1 Å². The van der Waals surface area contributed by atoms with Gasteiger partial charge >= 0.3 is 0 Å². The number of thiol groups is 1. The van der Waals surface area contributed by atoms with E-state index in [-0.39, 0.29) is 5.25 Å². The molecule has 1 N–H and O–H groups in total. The molecule has 132 valence electrons. The van der Waals surface area contributed by atoms with Gasteiger partial charge in [0, 0.05) is 24.9 Å². The molecule has 0 spiro atoms. The van der Waals surface area contributed by atoms with Gasteiger partial charge < -0.3 is 14.7 Å². The van der Waals surface area contributed by atoms with Crippen molar-refractivity contribution < 1.29 is 9.84 Å². The van der Waals surface area contributed by atoms with E-state index in [2.05, 4.69) is 4.90 Å². The molecule has 4 heteroatoms. The van der Waals surface area contributed by atoms with E-state index in [9.17, 15) is 5.11 Å². The van der Waals surface area contributed by atoms with Crippen molar-refractivity contribution in [2.24, 2.45) is 11.8 Å². The predicted molar refractivity (Wildman–Crippen MR) is 103 cm³/mol. The average Bonchev–Trinajstić information content (AvgIpc) is 3.14. The number of hydrogen-bond acceptors (Lipinski definition) is 4. The third kappa shape index (κ3) is 3.96. The van der Waals surface area contributed by atoms with Crippen LogP contribution >= 0.6 is 12.6 Å². The fourth-order valence-corrected chi connectivity index (χ4v) is 4.73. The van der Waals surface area contributed by atoms with E-state index in [4.69, 9.17) is 17.4 Å². The molecule has 3 nitrogen and oxygen atoms in total. The van der Waals surface area contributed by atoms with Crippen LogP contribution < -0.4 is 4.74 Å². The number of phenols is 1. The molecule has 1 aliphatic heterocycles. The lowest BCUT2D eigenvalue weighted by molar-refractivity contribution is 0.186. The Hall–Kier alpha value is -1.65. The quantitative estimate of drug-likeness (QED) is 0.790. The second-order valence-electron chi connectivity index (χ2n) is 7.37. The highest BCUT2D eigenvalue weighted by molar-refractivity contribution is 7.80. The van der Waals surface area contributed by atoms with Crippen LogP contribution in [0.1, 0.15) is 23.7 Å². The minimum Gasteiger partial charge on any atom is -0.508 e. The highest BCUT2D eigenvalue weighted by Crippen LogP contribution is 2.40. The van der Waals surface area contributed by atoms with Crippen LogP contribution in [0.3, 0.4) is 0 Å². The standard InChI is InChI=1S/C21H25NO2S/c23-18-8-6-15(7-9-18)21(25)14-22-12-16-10-20(11-17(16)13-22)24-19-4-2-1-3-5-19/h1-9,16-17,20-21,23,25H,10-14H2/t16-,17+,20+,21-/m0/s1. The Morgan fingerprint density at radius 2 is 1.64 bits per heavy atom. The molecule has 0 bridgehead atoms. The van der Waals surface area contributed by atoms with Crippen LogP contribution in [0.2, 0.25) is 0 Å². The Morgan fingerprint density at radius 3 is 2.28 bits per heavy atom. The fourth-order valence-electron chi connectivity index (χ4n) is 4.32. The van der Waals surface area contributed by atoms with Crippen molar-refractivity contribution >= 4 is 12.6 Å². The molecule has 1 aliphatic carbocycles. The summed E-state index contributed by atoms with van der Waals surface area (Å²) in [6, 6.07) is 17.6. The molecule has 2 aliphatic rings. The maximum atomic E-state index is 9.41. The summed E-state index contributed by atoms with van der Waals surface area (Å²) < 4.78 is 6.15. The van der Waals surface area contributed by atoms with E-state index in [1.807, 2.05) is 42.5 Å². The number of ether oxygens (including phenoxy) is 1. The molecule has 1 saturated carbocycles. The summed E-state index contributed by atoms with van der Waals surface area (Å²) in [6.45, 7) is 3.26. The van der Waals surface area contributed by atoms with E-state index < -0.39 is 0 Å². The lowest BCUT2D eigenvalue weighted by atomic mass is 10.0. The zero-order chi connectivity index (χ0) is 17.2. The Kier molecular flexibility index (Phi) is 4.91. The minimum absolute atomic E-state index is 0.191. The summed E-state index contributed by atoms with van der Waals surface area (Å²) in [5.74, 6) is 2.79.